The Morgan fingerprint density at radius 1 is 0.833 bits per heavy atom. The summed E-state index contributed by atoms with van der Waals surface area (Å²) < 4.78 is 28.0. The fourth-order valence-corrected chi connectivity index (χ4v) is 2.40. The zero-order valence-corrected chi connectivity index (χ0v) is 15.2. The summed E-state index contributed by atoms with van der Waals surface area (Å²) in [7, 11) is 0.771. The molecule has 2 aromatic rings. The average molecular weight is 351 g/mol. The normalized spacial score (nSPS) is 10.2. The molecule has 2 N–H and O–H groups in total. The molecule has 0 spiro atoms. The Labute approximate surface area is 145 Å². The number of ether oxygens (including phenoxy) is 2. The zero-order chi connectivity index (χ0) is 17.9. The molecule has 2 aromatic carbocycles. The third-order valence-corrected chi connectivity index (χ3v) is 3.49. The lowest BCUT2D eigenvalue weighted by Gasteiger charge is -2.12. The maximum absolute atomic E-state index is 8.81. The summed E-state index contributed by atoms with van der Waals surface area (Å²) in [6.45, 7) is 2.29. The maximum Gasteiger partial charge on any atom is 0.198 e. The molecule has 0 amide bonds. The van der Waals surface area contributed by atoms with E-state index in [-0.39, 0.29) is 0 Å². The van der Waals surface area contributed by atoms with Crippen LogP contribution in [0.2, 0.25) is 0 Å². The molecule has 6 heteroatoms. The fourth-order valence-electron chi connectivity index (χ4n) is 2.40. The Balaban J connectivity index is 0.000000648. The SMILES string of the molecule is COc1ccc(CC(C)Cc2ccc(OC)cc2)cc1.N[SH](=O)=O. The number of hydrogen-bond acceptors (Lipinski definition) is 4. The Morgan fingerprint density at radius 2 is 1.12 bits per heavy atom. The van der Waals surface area contributed by atoms with Gasteiger partial charge >= 0.3 is 0 Å². The second-order valence-electron chi connectivity index (χ2n) is 5.49. The number of nitrogens with two attached hydrogens (primary N) is 1. The second kappa shape index (κ2) is 10.7. The smallest absolute Gasteiger partial charge is 0.198 e. The van der Waals surface area contributed by atoms with Crippen LogP contribution in [0.25, 0.3) is 0 Å². The quantitative estimate of drug-likeness (QED) is 0.784. The van der Waals surface area contributed by atoms with Gasteiger partial charge in [0.15, 0.2) is 10.9 Å². The van der Waals surface area contributed by atoms with E-state index in [4.69, 9.17) is 17.9 Å². The van der Waals surface area contributed by atoms with Gasteiger partial charge in [-0.2, -0.15) is 0 Å². The summed E-state index contributed by atoms with van der Waals surface area (Å²) in [5, 5.41) is 4.06. The van der Waals surface area contributed by atoms with Gasteiger partial charge in [-0.15, -0.1) is 0 Å². The van der Waals surface area contributed by atoms with Gasteiger partial charge in [0, 0.05) is 0 Å². The van der Waals surface area contributed by atoms with Gasteiger partial charge in [0.2, 0.25) is 0 Å². The van der Waals surface area contributed by atoms with Crippen LogP contribution in [-0.4, -0.2) is 22.6 Å². The molecule has 0 unspecified atom stereocenters. The first-order valence-corrected chi connectivity index (χ1v) is 8.84. The molecule has 0 radical (unpaired) electrons. The molecule has 132 valence electrons. The summed E-state index contributed by atoms with van der Waals surface area (Å²) >= 11 is 0. The van der Waals surface area contributed by atoms with Gasteiger partial charge in [-0.05, 0) is 54.2 Å². The molecule has 0 aliphatic rings. The minimum absolute atomic E-state index is 0.608. The van der Waals surface area contributed by atoms with Crippen LogP contribution in [-0.2, 0) is 23.7 Å². The summed E-state index contributed by atoms with van der Waals surface area (Å²) in [4.78, 5) is 0. The maximum atomic E-state index is 8.81. The van der Waals surface area contributed by atoms with Crippen LogP contribution in [0.15, 0.2) is 48.5 Å². The van der Waals surface area contributed by atoms with E-state index >= 15 is 0 Å². The summed E-state index contributed by atoms with van der Waals surface area (Å²) in [6.07, 6.45) is 2.16. The monoisotopic (exact) mass is 351 g/mol. The average Bonchev–Trinajstić information content (AvgIpc) is 2.55. The number of benzene rings is 2. The molecular weight excluding hydrogens is 326 g/mol. The third-order valence-electron chi connectivity index (χ3n) is 3.49. The third kappa shape index (κ3) is 7.99. The van der Waals surface area contributed by atoms with Crippen molar-refractivity contribution in [2.45, 2.75) is 19.8 Å². The summed E-state index contributed by atoms with van der Waals surface area (Å²) in [5.41, 5.74) is 2.71. The lowest BCUT2D eigenvalue weighted by atomic mass is 9.94. The lowest BCUT2D eigenvalue weighted by Crippen LogP contribution is -2.04. The van der Waals surface area contributed by atoms with E-state index in [9.17, 15) is 0 Å². The lowest BCUT2D eigenvalue weighted by molar-refractivity contribution is 0.414. The van der Waals surface area contributed by atoms with Crippen LogP contribution in [0.4, 0.5) is 0 Å². The van der Waals surface area contributed by atoms with E-state index in [0.717, 1.165) is 24.3 Å². The molecular formula is C18H25NO4S. The van der Waals surface area contributed by atoms with Gasteiger partial charge in [0.05, 0.1) is 14.2 Å². The van der Waals surface area contributed by atoms with Crippen molar-refractivity contribution in [1.82, 2.24) is 0 Å². The molecule has 0 aromatic heterocycles. The van der Waals surface area contributed by atoms with Gasteiger partial charge in [0.1, 0.15) is 11.5 Å². The van der Waals surface area contributed by atoms with Crippen LogP contribution >= 0.6 is 0 Å². The largest absolute Gasteiger partial charge is 0.497 e. The van der Waals surface area contributed by atoms with Crippen molar-refractivity contribution < 1.29 is 17.9 Å². The highest BCUT2D eigenvalue weighted by molar-refractivity contribution is 7.69. The highest BCUT2D eigenvalue weighted by Gasteiger charge is 2.06. The number of hydrogen-bond donors (Lipinski definition) is 2. The van der Waals surface area contributed by atoms with Crippen LogP contribution in [0, 0.1) is 5.92 Å². The Hall–Kier alpha value is -2.05. The van der Waals surface area contributed by atoms with Crippen molar-refractivity contribution in [2.75, 3.05) is 14.2 Å². The van der Waals surface area contributed by atoms with Gasteiger partial charge in [-0.3, -0.25) is 0 Å². The van der Waals surface area contributed by atoms with Crippen molar-refractivity contribution in [1.29, 1.82) is 0 Å². The number of thiol groups is 1. The van der Waals surface area contributed by atoms with Crippen LogP contribution in [0.3, 0.4) is 0 Å². The Bertz CT molecular complexity index is 609. The molecule has 0 fully saturated rings. The first-order valence-electron chi connectivity index (χ1n) is 7.59. The summed E-state index contributed by atoms with van der Waals surface area (Å²) in [6, 6.07) is 16.7. The van der Waals surface area contributed by atoms with Gasteiger partial charge in [-0.25, -0.2) is 13.6 Å². The molecule has 0 atom stereocenters. The van der Waals surface area contributed by atoms with Crippen LogP contribution < -0.4 is 14.6 Å². The fraction of sp³-hybridized carbons (Fsp3) is 0.333. The van der Waals surface area contributed by atoms with E-state index < -0.39 is 10.9 Å². The highest BCUT2D eigenvalue weighted by atomic mass is 32.2. The minimum atomic E-state index is -2.62. The topological polar surface area (TPSA) is 78.6 Å². The number of rotatable bonds is 6. The van der Waals surface area contributed by atoms with Crippen molar-refractivity contribution in [3.63, 3.8) is 0 Å². The molecule has 2 rings (SSSR count). The molecule has 0 heterocycles. The molecule has 0 saturated carbocycles. The van der Waals surface area contributed by atoms with Crippen molar-refractivity contribution in [3.05, 3.63) is 59.7 Å². The van der Waals surface area contributed by atoms with Gasteiger partial charge in [0.25, 0.3) is 0 Å². The molecule has 0 aliphatic carbocycles. The van der Waals surface area contributed by atoms with E-state index in [1.165, 1.54) is 11.1 Å². The van der Waals surface area contributed by atoms with Gasteiger partial charge in [-0.1, -0.05) is 31.2 Å². The Kier molecular flexibility index (Phi) is 8.89. The molecule has 0 bridgehead atoms. The second-order valence-corrected chi connectivity index (χ2v) is 6.07. The van der Waals surface area contributed by atoms with Crippen molar-refractivity contribution in [2.24, 2.45) is 11.1 Å². The highest BCUT2D eigenvalue weighted by Crippen LogP contribution is 2.19. The zero-order valence-electron chi connectivity index (χ0n) is 14.3. The van der Waals surface area contributed by atoms with E-state index in [2.05, 4.69) is 36.3 Å². The van der Waals surface area contributed by atoms with E-state index in [1.54, 1.807) is 14.2 Å². The predicted molar refractivity (Wildman–Crippen MR) is 97.1 cm³/mol. The van der Waals surface area contributed by atoms with Crippen molar-refractivity contribution >= 4 is 10.9 Å². The van der Waals surface area contributed by atoms with Crippen LogP contribution in [0.1, 0.15) is 18.1 Å². The standard InChI is InChI=1S/C18H22O2.H3NO2S/c1-14(12-15-4-8-17(19-2)9-5-15)13-16-6-10-18(20-3)11-7-16;1-4(2)3/h4-11,14H,12-13H2,1-3H3;4H,(H2,1,2,3). The Morgan fingerprint density at radius 3 is 1.38 bits per heavy atom. The van der Waals surface area contributed by atoms with Gasteiger partial charge < -0.3 is 9.47 Å². The summed E-state index contributed by atoms with van der Waals surface area (Å²) in [5.74, 6) is 2.44. The van der Waals surface area contributed by atoms with E-state index in [1.807, 2.05) is 24.3 Å². The molecule has 24 heavy (non-hydrogen) atoms. The van der Waals surface area contributed by atoms with Crippen molar-refractivity contribution in [3.8, 4) is 11.5 Å². The first-order chi connectivity index (χ1) is 11.4. The molecule has 0 aliphatic heterocycles. The first kappa shape index (κ1) is 20.0. The molecule has 5 nitrogen and oxygen atoms in total. The van der Waals surface area contributed by atoms with Crippen LogP contribution in [0.5, 0.6) is 11.5 Å². The van der Waals surface area contributed by atoms with E-state index in [0.29, 0.717) is 5.92 Å². The number of methoxy groups -OCH3 is 2. The molecule has 0 saturated heterocycles. The minimum Gasteiger partial charge on any atom is -0.497 e. The predicted octanol–water partition coefficient (Wildman–Crippen LogP) is 2.60.